The van der Waals surface area contributed by atoms with E-state index in [4.69, 9.17) is 16.0 Å². The minimum atomic E-state index is -0.132. The summed E-state index contributed by atoms with van der Waals surface area (Å²) in [6.07, 6.45) is 1.76. The molecule has 0 aliphatic rings. The van der Waals surface area contributed by atoms with Crippen molar-refractivity contribution in [2.75, 3.05) is 5.32 Å². The highest BCUT2D eigenvalue weighted by Gasteiger charge is 2.17. The van der Waals surface area contributed by atoms with Crippen LogP contribution < -0.4 is 10.7 Å². The van der Waals surface area contributed by atoms with E-state index in [9.17, 15) is 4.79 Å². The summed E-state index contributed by atoms with van der Waals surface area (Å²) in [6, 6.07) is 14.8. The van der Waals surface area contributed by atoms with Gasteiger partial charge in [-0.05, 0) is 50.6 Å². The summed E-state index contributed by atoms with van der Waals surface area (Å²) in [7, 11) is 0. The van der Waals surface area contributed by atoms with E-state index in [1.165, 1.54) is 0 Å². The lowest BCUT2D eigenvalue weighted by Gasteiger charge is -2.19. The van der Waals surface area contributed by atoms with Gasteiger partial charge in [0, 0.05) is 22.6 Å². The highest BCUT2D eigenvalue weighted by atomic mass is 35.5. The molecular formula is C25H21ClN4O2. The first-order valence-electron chi connectivity index (χ1n) is 10.3. The van der Waals surface area contributed by atoms with E-state index < -0.39 is 0 Å². The summed E-state index contributed by atoms with van der Waals surface area (Å²) in [5.41, 5.74) is 5.76. The van der Waals surface area contributed by atoms with Crippen molar-refractivity contribution in [1.82, 2.24) is 15.2 Å². The summed E-state index contributed by atoms with van der Waals surface area (Å²) >= 11 is 6.00. The largest absolute Gasteiger partial charge is 0.455 e. The first-order chi connectivity index (χ1) is 15.4. The minimum Gasteiger partial charge on any atom is -0.455 e. The molecule has 1 atom stereocenters. The number of fused-ring (bicyclic) bond motifs is 2. The molecule has 2 aromatic carbocycles. The topological polar surface area (TPSA) is 83.8 Å². The minimum absolute atomic E-state index is 0.0764. The Bertz CT molecular complexity index is 1540. The van der Waals surface area contributed by atoms with Crippen LogP contribution in [0.15, 0.2) is 63.9 Å². The molecular weight excluding hydrogens is 424 g/mol. The van der Waals surface area contributed by atoms with Crippen LogP contribution in [0.5, 0.6) is 0 Å². The van der Waals surface area contributed by atoms with Gasteiger partial charge in [0.15, 0.2) is 5.43 Å². The predicted molar refractivity (Wildman–Crippen MR) is 128 cm³/mol. The number of anilines is 1. The van der Waals surface area contributed by atoms with Gasteiger partial charge in [0.1, 0.15) is 16.5 Å². The number of nitrogens with zero attached hydrogens (tertiary/aromatic N) is 2. The summed E-state index contributed by atoms with van der Waals surface area (Å²) < 4.78 is 6.34. The molecule has 0 radical (unpaired) electrons. The summed E-state index contributed by atoms with van der Waals surface area (Å²) in [5, 5.41) is 12.5. The zero-order valence-electron chi connectivity index (χ0n) is 17.9. The third-order valence-corrected chi connectivity index (χ3v) is 5.83. The zero-order valence-corrected chi connectivity index (χ0v) is 18.6. The molecule has 0 saturated carbocycles. The number of aromatic nitrogens is 3. The molecule has 7 heteroatoms. The molecule has 3 aromatic heterocycles. The molecule has 160 valence electrons. The lowest BCUT2D eigenvalue weighted by atomic mass is 10.0. The lowest BCUT2D eigenvalue weighted by Crippen LogP contribution is -2.11. The van der Waals surface area contributed by atoms with E-state index in [1.807, 2.05) is 57.2 Å². The molecule has 0 bridgehead atoms. The quantitative estimate of drug-likeness (QED) is 0.323. The molecule has 0 fully saturated rings. The van der Waals surface area contributed by atoms with Gasteiger partial charge < -0.3 is 9.73 Å². The van der Waals surface area contributed by atoms with E-state index in [1.54, 1.807) is 18.3 Å². The zero-order chi connectivity index (χ0) is 22.4. The molecule has 32 heavy (non-hydrogen) atoms. The van der Waals surface area contributed by atoms with E-state index in [-0.39, 0.29) is 11.5 Å². The molecule has 6 nitrogen and oxygen atoms in total. The summed E-state index contributed by atoms with van der Waals surface area (Å²) in [6.45, 7) is 5.91. The second-order valence-electron chi connectivity index (χ2n) is 8.01. The number of pyridine rings is 1. The van der Waals surface area contributed by atoms with Crippen LogP contribution in [0.25, 0.3) is 33.2 Å². The number of rotatable bonds is 4. The molecule has 5 rings (SSSR count). The van der Waals surface area contributed by atoms with Crippen LogP contribution in [0.1, 0.15) is 29.8 Å². The van der Waals surface area contributed by atoms with Crippen molar-refractivity contribution in [3.05, 3.63) is 86.9 Å². The maximum atomic E-state index is 13.0. The number of aromatic amines is 1. The van der Waals surface area contributed by atoms with Crippen LogP contribution in [0.3, 0.4) is 0 Å². The van der Waals surface area contributed by atoms with Crippen molar-refractivity contribution in [3.8, 4) is 11.3 Å². The van der Waals surface area contributed by atoms with Crippen LogP contribution >= 0.6 is 11.6 Å². The molecule has 2 N–H and O–H groups in total. The second kappa shape index (κ2) is 7.80. The molecule has 0 aliphatic heterocycles. The third-order valence-electron chi connectivity index (χ3n) is 5.62. The number of H-pyrrole nitrogens is 1. The fourth-order valence-corrected chi connectivity index (χ4v) is 4.17. The molecule has 3 heterocycles. The predicted octanol–water partition coefficient (Wildman–Crippen LogP) is 6.17. The molecule has 5 aromatic rings. The maximum absolute atomic E-state index is 13.0. The van der Waals surface area contributed by atoms with Crippen molar-refractivity contribution < 1.29 is 4.42 Å². The smallest absolute Gasteiger partial charge is 0.193 e. The fraction of sp³-hybridized carbons (Fsp3) is 0.160. The Morgan fingerprint density at radius 3 is 2.75 bits per heavy atom. The van der Waals surface area contributed by atoms with Gasteiger partial charge in [0.05, 0.1) is 34.5 Å². The van der Waals surface area contributed by atoms with Crippen molar-refractivity contribution in [2.45, 2.75) is 26.8 Å². The van der Waals surface area contributed by atoms with Crippen molar-refractivity contribution in [2.24, 2.45) is 0 Å². The molecule has 0 saturated heterocycles. The van der Waals surface area contributed by atoms with Crippen LogP contribution in [0.2, 0.25) is 5.15 Å². The summed E-state index contributed by atoms with van der Waals surface area (Å²) in [4.78, 5) is 17.3. The van der Waals surface area contributed by atoms with Crippen LogP contribution in [0, 0.1) is 13.8 Å². The van der Waals surface area contributed by atoms with E-state index in [2.05, 4.69) is 20.5 Å². The third kappa shape index (κ3) is 3.63. The van der Waals surface area contributed by atoms with Gasteiger partial charge in [-0.1, -0.05) is 29.8 Å². The number of nitrogens with one attached hydrogen (secondary N) is 2. The van der Waals surface area contributed by atoms with E-state index in [0.717, 1.165) is 39.0 Å². The van der Waals surface area contributed by atoms with Gasteiger partial charge in [-0.15, -0.1) is 0 Å². The summed E-state index contributed by atoms with van der Waals surface area (Å²) in [5.74, 6) is 0.514. The number of hydrogen-bond donors (Lipinski definition) is 2. The highest BCUT2D eigenvalue weighted by Crippen LogP contribution is 2.31. The normalized spacial score (nSPS) is 12.4. The number of aryl methyl sites for hydroxylation is 2. The van der Waals surface area contributed by atoms with Crippen LogP contribution in [-0.2, 0) is 0 Å². The van der Waals surface area contributed by atoms with Gasteiger partial charge in [-0.25, -0.2) is 4.98 Å². The Kier molecular flexibility index (Phi) is 4.94. The maximum Gasteiger partial charge on any atom is 0.193 e. The van der Waals surface area contributed by atoms with Gasteiger partial charge in [0.2, 0.25) is 0 Å². The van der Waals surface area contributed by atoms with Crippen molar-refractivity contribution in [3.63, 3.8) is 0 Å². The average Bonchev–Trinajstić information content (AvgIpc) is 3.23. The Morgan fingerprint density at radius 2 is 1.94 bits per heavy atom. The Morgan fingerprint density at radius 1 is 1.09 bits per heavy atom. The Balaban J connectivity index is 1.64. The first kappa shape index (κ1) is 20.3. The number of halogens is 1. The standard InChI is InChI=1S/C25H21ClN4O2/c1-13-8-18(14(2)28-20-6-7-24(26)29-15(20)3)25-19(9-13)22(31)11-23(32-25)16-4-5-17-12-27-30-21(17)10-16/h4-12,14,28H,1-3H3,(H,27,30)/t14-/m1/s1. The molecule has 0 amide bonds. The van der Waals surface area contributed by atoms with Gasteiger partial charge >= 0.3 is 0 Å². The molecule has 0 unspecified atom stereocenters. The average molecular weight is 445 g/mol. The van der Waals surface area contributed by atoms with Crippen LogP contribution in [0.4, 0.5) is 5.69 Å². The fourth-order valence-electron chi connectivity index (χ4n) is 3.98. The SMILES string of the molecule is Cc1cc([C@@H](C)Nc2ccc(Cl)nc2C)c2oc(-c3ccc4cn[nH]c4c3)cc(=O)c2c1. The first-order valence-corrected chi connectivity index (χ1v) is 10.7. The van der Waals surface area contributed by atoms with E-state index >= 15 is 0 Å². The number of hydrogen-bond acceptors (Lipinski definition) is 5. The Hall–Kier alpha value is -3.64. The lowest BCUT2D eigenvalue weighted by molar-refractivity contribution is 0.610. The van der Waals surface area contributed by atoms with Gasteiger partial charge in [-0.3, -0.25) is 9.89 Å². The molecule has 0 spiro atoms. The van der Waals surface area contributed by atoms with Crippen molar-refractivity contribution >= 4 is 39.2 Å². The number of benzene rings is 2. The van der Waals surface area contributed by atoms with Crippen LogP contribution in [-0.4, -0.2) is 15.2 Å². The highest BCUT2D eigenvalue weighted by molar-refractivity contribution is 6.29. The second-order valence-corrected chi connectivity index (χ2v) is 8.40. The monoisotopic (exact) mass is 444 g/mol. The van der Waals surface area contributed by atoms with E-state index in [0.29, 0.717) is 21.9 Å². The molecule has 0 aliphatic carbocycles. The van der Waals surface area contributed by atoms with Gasteiger partial charge in [-0.2, -0.15) is 5.10 Å². The van der Waals surface area contributed by atoms with Crippen molar-refractivity contribution in [1.29, 1.82) is 0 Å². The Labute approximate surface area is 189 Å². The van der Waals surface area contributed by atoms with Gasteiger partial charge in [0.25, 0.3) is 0 Å².